The van der Waals surface area contributed by atoms with Crippen LogP contribution in [0.2, 0.25) is 0 Å². The molecule has 2 fully saturated rings. The van der Waals surface area contributed by atoms with Crippen LogP contribution in [0.4, 0.5) is 11.4 Å². The van der Waals surface area contributed by atoms with Crippen LogP contribution >= 0.6 is 0 Å². The third-order valence-corrected chi connectivity index (χ3v) is 7.67. The van der Waals surface area contributed by atoms with Crippen LogP contribution in [0.15, 0.2) is 41.2 Å². The zero-order valence-electron chi connectivity index (χ0n) is 19.1. The van der Waals surface area contributed by atoms with Crippen LogP contribution in [-0.4, -0.2) is 45.5 Å². The number of nitrogens with zero attached hydrogens (tertiary/aromatic N) is 4. The highest BCUT2D eigenvalue weighted by Crippen LogP contribution is 2.40. The monoisotopic (exact) mass is 450 g/mol. The van der Waals surface area contributed by atoms with Crippen molar-refractivity contribution in [1.82, 2.24) is 9.47 Å². The van der Waals surface area contributed by atoms with Gasteiger partial charge in [-0.15, -0.1) is 0 Å². The number of benzene rings is 1. The number of pyridine rings is 1. The van der Waals surface area contributed by atoms with E-state index in [1.165, 1.54) is 6.07 Å². The molecule has 33 heavy (non-hydrogen) atoms. The number of piperidine rings is 2. The van der Waals surface area contributed by atoms with Gasteiger partial charge in [-0.3, -0.25) is 19.7 Å². The van der Waals surface area contributed by atoms with Gasteiger partial charge in [0, 0.05) is 61.0 Å². The van der Waals surface area contributed by atoms with E-state index in [1.54, 1.807) is 24.3 Å². The molecule has 174 valence electrons. The normalized spacial score (nSPS) is 26.6. The average molecular weight is 451 g/mol. The lowest BCUT2D eigenvalue weighted by Crippen LogP contribution is -2.48. The predicted molar refractivity (Wildman–Crippen MR) is 126 cm³/mol. The maximum absolute atomic E-state index is 13.3. The van der Waals surface area contributed by atoms with Gasteiger partial charge in [-0.2, -0.15) is 0 Å². The van der Waals surface area contributed by atoms with E-state index in [1.807, 2.05) is 29.4 Å². The molecule has 1 amide bonds. The summed E-state index contributed by atoms with van der Waals surface area (Å²) in [5.41, 5.74) is 1.93. The zero-order valence-corrected chi connectivity index (χ0v) is 19.1. The van der Waals surface area contributed by atoms with E-state index < -0.39 is 0 Å². The molecule has 0 saturated carbocycles. The average Bonchev–Trinajstić information content (AvgIpc) is 2.79. The summed E-state index contributed by atoms with van der Waals surface area (Å²) in [6.45, 7) is 6.01. The van der Waals surface area contributed by atoms with Gasteiger partial charge in [-0.1, -0.05) is 6.07 Å². The molecule has 1 aromatic carbocycles. The molecule has 2 saturated heterocycles. The minimum Gasteiger partial charge on any atom is -0.365 e. The number of fused-ring (bicyclic) bond motifs is 4. The first-order valence-corrected chi connectivity index (χ1v) is 11.9. The fourth-order valence-electron chi connectivity index (χ4n) is 6.13. The Labute approximate surface area is 193 Å². The number of amides is 1. The van der Waals surface area contributed by atoms with Gasteiger partial charge in [-0.25, -0.2) is 0 Å². The van der Waals surface area contributed by atoms with E-state index in [-0.39, 0.29) is 46.0 Å². The van der Waals surface area contributed by atoms with Gasteiger partial charge < -0.3 is 14.4 Å². The molecule has 0 spiro atoms. The zero-order chi connectivity index (χ0) is 23.3. The van der Waals surface area contributed by atoms with Gasteiger partial charge in [0.2, 0.25) is 0 Å². The van der Waals surface area contributed by atoms with Gasteiger partial charge in [0.1, 0.15) is 5.69 Å². The second-order valence-electron chi connectivity index (χ2n) is 9.91. The van der Waals surface area contributed by atoms with Gasteiger partial charge >= 0.3 is 0 Å². The number of carbonyl (C=O) groups is 1. The highest BCUT2D eigenvalue weighted by atomic mass is 16.6. The van der Waals surface area contributed by atoms with E-state index in [2.05, 4.69) is 4.90 Å². The number of hydrogen-bond acceptors (Lipinski definition) is 5. The Bertz CT molecular complexity index is 1150. The first-order valence-electron chi connectivity index (χ1n) is 11.9. The fraction of sp³-hybridized carbons (Fsp3) is 0.520. The lowest BCUT2D eigenvalue weighted by atomic mass is 9.83. The molecule has 0 N–H and O–H groups in total. The van der Waals surface area contributed by atoms with Crippen molar-refractivity contribution >= 4 is 17.3 Å². The minimum atomic E-state index is -0.377. The van der Waals surface area contributed by atoms with Gasteiger partial charge in [0.25, 0.3) is 17.2 Å². The van der Waals surface area contributed by atoms with Crippen LogP contribution in [0, 0.1) is 16.0 Å². The lowest BCUT2D eigenvalue weighted by Gasteiger charge is -2.43. The Kier molecular flexibility index (Phi) is 5.46. The van der Waals surface area contributed by atoms with Crippen molar-refractivity contribution < 1.29 is 9.72 Å². The van der Waals surface area contributed by atoms with Crippen molar-refractivity contribution in [2.45, 2.75) is 64.1 Å². The van der Waals surface area contributed by atoms with Crippen LogP contribution in [0.25, 0.3) is 0 Å². The van der Waals surface area contributed by atoms with Crippen LogP contribution in [0.5, 0.6) is 0 Å². The maximum Gasteiger partial charge on any atom is 0.293 e. The van der Waals surface area contributed by atoms with Gasteiger partial charge in [0.05, 0.1) is 4.92 Å². The fourth-order valence-corrected chi connectivity index (χ4v) is 6.13. The van der Waals surface area contributed by atoms with E-state index in [0.717, 1.165) is 31.4 Å². The quantitative estimate of drug-likeness (QED) is 0.524. The van der Waals surface area contributed by atoms with Gasteiger partial charge in [-0.05, 0) is 63.6 Å². The molecule has 5 rings (SSSR count). The Morgan fingerprint density at radius 2 is 1.82 bits per heavy atom. The van der Waals surface area contributed by atoms with Crippen LogP contribution in [-0.2, 0) is 6.54 Å². The van der Waals surface area contributed by atoms with E-state index in [0.29, 0.717) is 30.9 Å². The molecule has 0 radical (unpaired) electrons. The number of aromatic nitrogens is 1. The molecule has 2 bridgehead atoms. The second-order valence-corrected chi connectivity index (χ2v) is 9.91. The highest BCUT2D eigenvalue weighted by molar-refractivity contribution is 5.96. The predicted octanol–water partition coefficient (Wildman–Crippen LogP) is 3.78. The summed E-state index contributed by atoms with van der Waals surface area (Å²) in [5, 5.41) is 12.0. The molecule has 0 aliphatic carbocycles. The van der Waals surface area contributed by atoms with E-state index in [9.17, 15) is 19.7 Å². The number of nitro benzene ring substituents is 1. The minimum absolute atomic E-state index is 0.0191. The van der Waals surface area contributed by atoms with Crippen molar-refractivity contribution in [3.8, 4) is 0 Å². The number of rotatable bonds is 3. The third-order valence-electron chi connectivity index (χ3n) is 7.67. The van der Waals surface area contributed by atoms with E-state index in [4.69, 9.17) is 0 Å². The number of carbonyl (C=O) groups excluding carboxylic acids is 1. The molecule has 3 aliphatic rings. The maximum atomic E-state index is 13.3. The Morgan fingerprint density at radius 3 is 2.55 bits per heavy atom. The van der Waals surface area contributed by atoms with Gasteiger partial charge in [0.15, 0.2) is 0 Å². The summed E-state index contributed by atoms with van der Waals surface area (Å²) in [4.78, 5) is 41.2. The Balaban J connectivity index is 1.45. The van der Waals surface area contributed by atoms with Crippen LogP contribution in [0.1, 0.15) is 61.5 Å². The number of nitro groups is 1. The van der Waals surface area contributed by atoms with Crippen LogP contribution < -0.4 is 10.5 Å². The molecule has 4 atom stereocenters. The molecule has 3 aliphatic heterocycles. The summed E-state index contributed by atoms with van der Waals surface area (Å²) in [6, 6.07) is 10.6. The number of anilines is 1. The summed E-state index contributed by atoms with van der Waals surface area (Å²) in [6.07, 6.45) is 3.99. The molecular formula is C25H30N4O4. The smallest absolute Gasteiger partial charge is 0.293 e. The number of likely N-dealkylation sites (tertiary alicyclic amines) is 1. The Hall–Kier alpha value is -3.16. The first kappa shape index (κ1) is 21.7. The van der Waals surface area contributed by atoms with Crippen molar-refractivity contribution in [1.29, 1.82) is 0 Å². The van der Waals surface area contributed by atoms with Crippen LogP contribution in [0.3, 0.4) is 0 Å². The molecule has 4 heterocycles. The molecule has 0 unspecified atom stereocenters. The Morgan fingerprint density at radius 1 is 1.06 bits per heavy atom. The highest BCUT2D eigenvalue weighted by Gasteiger charge is 2.37. The lowest BCUT2D eigenvalue weighted by molar-refractivity contribution is -0.384. The standard InChI is InChI=1S/C25H30N4O4/c1-16-5-3-6-17(2)28(16)25(31)19-9-10-22(23(12-19)29(32)33)26-13-18-11-20(15-26)21-7-4-8-24(30)27(21)14-18/h4,7-10,12,16-18,20H,3,5-6,11,13-15H2,1-2H3/t16-,17+,18-,20+/m1/s1. The molecule has 8 nitrogen and oxygen atoms in total. The summed E-state index contributed by atoms with van der Waals surface area (Å²) in [5.74, 6) is 0.280. The summed E-state index contributed by atoms with van der Waals surface area (Å²) < 4.78 is 1.85. The van der Waals surface area contributed by atoms with Crippen molar-refractivity contribution in [2.24, 2.45) is 5.92 Å². The summed E-state index contributed by atoms with van der Waals surface area (Å²) in [7, 11) is 0. The van der Waals surface area contributed by atoms with Crippen molar-refractivity contribution in [2.75, 3.05) is 18.0 Å². The third kappa shape index (κ3) is 3.81. The first-order chi connectivity index (χ1) is 15.8. The summed E-state index contributed by atoms with van der Waals surface area (Å²) >= 11 is 0. The molecule has 2 aromatic rings. The largest absolute Gasteiger partial charge is 0.365 e. The van der Waals surface area contributed by atoms with Crippen molar-refractivity contribution in [3.63, 3.8) is 0 Å². The molecule has 1 aromatic heterocycles. The number of hydrogen-bond donors (Lipinski definition) is 0. The molecule has 8 heteroatoms. The van der Waals surface area contributed by atoms with E-state index >= 15 is 0 Å². The van der Waals surface area contributed by atoms with Crippen molar-refractivity contribution in [3.05, 3.63) is 68.1 Å². The second kappa shape index (κ2) is 8.32. The molecular weight excluding hydrogens is 420 g/mol. The topological polar surface area (TPSA) is 88.7 Å². The SMILES string of the molecule is C[C@@H]1CCC[C@H](C)N1C(=O)c1ccc(N2C[C@H]3C[C@@H](C2)c2cccc(=O)n2C3)c([N+](=O)[O-])c1.